The second kappa shape index (κ2) is 36.8. The molecule has 0 spiro atoms. The van der Waals surface area contributed by atoms with E-state index in [4.69, 9.17) is 49.3 Å². The van der Waals surface area contributed by atoms with Crippen LogP contribution in [0.3, 0.4) is 0 Å². The van der Waals surface area contributed by atoms with Crippen LogP contribution in [0.1, 0.15) is 0 Å². The van der Waals surface area contributed by atoms with E-state index in [1.165, 1.54) is 147 Å². The number of hydrogen-bond donors (Lipinski definition) is 0. The molecule has 0 atom stereocenters. The Balaban J connectivity index is 0.000000107. The van der Waals surface area contributed by atoms with Crippen LogP contribution in [0.5, 0.6) is 0 Å². The third kappa shape index (κ3) is 15.8. The zero-order valence-electron chi connectivity index (χ0n) is 79.4. The molecule has 0 fully saturated rings. The molecule has 30 rings (SSSR count). The number of benzene rings is 23. The highest BCUT2D eigenvalue weighted by Gasteiger charge is 2.25. The molecule has 30 aromatic rings. The molecule has 23 aromatic carbocycles. The molecule has 148 heavy (non-hydrogen) atoms. The number of fused-ring (bicyclic) bond motifs is 24. The molecule has 0 N–H and O–H groups in total. The van der Waals surface area contributed by atoms with E-state index in [0.717, 1.165) is 94.3 Å². The number of furan rings is 1. The number of hydrogen-bond acceptors (Lipinski definition) is 13. The van der Waals surface area contributed by atoms with Gasteiger partial charge in [0.2, 0.25) is 0 Å². The van der Waals surface area contributed by atoms with Crippen molar-refractivity contribution in [3.05, 3.63) is 491 Å². The molecule has 0 saturated carbocycles. The average Bonchev–Trinajstić information content (AvgIpc) is 1.56. The van der Waals surface area contributed by atoms with Crippen LogP contribution in [0.4, 0.5) is 0 Å². The van der Waals surface area contributed by atoms with Crippen molar-refractivity contribution in [2.24, 2.45) is 0 Å². The van der Waals surface area contributed by atoms with E-state index in [9.17, 15) is 0 Å². The predicted molar refractivity (Wildman–Crippen MR) is 621 cm³/mol. The summed E-state index contributed by atoms with van der Waals surface area (Å²) in [6.07, 6.45) is 0. The number of para-hydroxylation sites is 1. The first-order valence-corrected chi connectivity index (χ1v) is 51.9. The van der Waals surface area contributed by atoms with Gasteiger partial charge >= 0.3 is 0 Å². The summed E-state index contributed by atoms with van der Waals surface area (Å²) >= 11 is 5.65. The Morgan fingerprint density at radius 3 is 0.696 bits per heavy atom. The van der Waals surface area contributed by atoms with Gasteiger partial charge in [-0.05, 0) is 129 Å². The highest BCUT2D eigenvalue weighted by Crippen LogP contribution is 2.51. The third-order valence-electron chi connectivity index (χ3n) is 28.3. The zero-order chi connectivity index (χ0) is 97.6. The Kier molecular flexibility index (Phi) is 21.6. The first kappa shape index (κ1) is 86.9. The molecule has 690 valence electrons. The Bertz CT molecular complexity index is 10500. The van der Waals surface area contributed by atoms with Gasteiger partial charge in [-0.1, -0.05) is 455 Å². The van der Waals surface area contributed by atoms with E-state index in [-0.39, 0.29) is 0 Å². The fraction of sp³-hybridized carbons (Fsp3) is 0. The molecule has 0 unspecified atom stereocenters. The second-order valence-corrected chi connectivity index (χ2v) is 40.3. The maximum atomic E-state index is 6.24. The molecule has 0 aliphatic carbocycles. The number of aromatic nitrogens is 9. The first-order valence-electron chi connectivity index (χ1n) is 49.5. The zero-order valence-corrected chi connectivity index (χ0v) is 81.9. The van der Waals surface area contributed by atoms with Crippen molar-refractivity contribution in [3.63, 3.8) is 0 Å². The Morgan fingerprint density at radius 1 is 0.128 bits per heavy atom. The summed E-state index contributed by atoms with van der Waals surface area (Å²) in [5, 5.41) is 25.4. The van der Waals surface area contributed by atoms with Crippen molar-refractivity contribution >= 4 is 181 Å². The highest BCUT2D eigenvalue weighted by atomic mass is 32.1. The number of nitrogens with zero attached hydrogens (tertiary/aromatic N) is 9. The van der Waals surface area contributed by atoms with Crippen molar-refractivity contribution in [1.29, 1.82) is 0 Å². The van der Waals surface area contributed by atoms with Gasteiger partial charge in [-0.25, -0.2) is 44.9 Å². The van der Waals surface area contributed by atoms with Crippen LogP contribution < -0.4 is 0 Å². The molecule has 0 saturated heterocycles. The molecular formula is C135H81N9OS3. The largest absolute Gasteiger partial charge is 0.456 e. The molecular weight excluding hydrogens is 1860 g/mol. The van der Waals surface area contributed by atoms with E-state index in [2.05, 4.69) is 340 Å². The SMILES string of the molecule is c1ccc(-c2ccc(-c3nc(-c4ccccc4)nc(-c4cccc(-c5cccc6c5sc5c6ccc6ccc7ccccc7c65)c4)n3)cc2)cc1.c1ccc(-c2nc(-c3cccc(-c4cccc5c4sc4c5ccc5ccc6ccccc6c54)c3)nc(-c3ccc4c(c3)oc3ccccc34)n2)cc1.c1ccc(-c2nc(-c3ccccc3)nc(-c3cccc(-c4cccc5c4sc4c5ccc5ccc6ccccc6c54)c3)n2)cc1. The smallest absolute Gasteiger partial charge is 0.164 e. The first-order chi connectivity index (χ1) is 73.3. The molecule has 0 radical (unpaired) electrons. The van der Waals surface area contributed by atoms with Crippen LogP contribution >= 0.6 is 34.0 Å². The summed E-state index contributed by atoms with van der Waals surface area (Å²) < 4.78 is 14.1. The number of rotatable bonds is 13. The summed E-state index contributed by atoms with van der Waals surface area (Å²) in [4.78, 5) is 45.0. The maximum Gasteiger partial charge on any atom is 0.164 e. The molecule has 0 amide bonds. The van der Waals surface area contributed by atoms with Crippen LogP contribution in [-0.4, -0.2) is 44.9 Å². The summed E-state index contributed by atoms with van der Waals surface area (Å²) in [5.41, 5.74) is 19.5. The lowest BCUT2D eigenvalue weighted by Crippen LogP contribution is -2.00. The van der Waals surface area contributed by atoms with Gasteiger partial charge in [0.15, 0.2) is 52.4 Å². The van der Waals surface area contributed by atoms with E-state index >= 15 is 0 Å². The van der Waals surface area contributed by atoms with Crippen LogP contribution in [0.15, 0.2) is 496 Å². The Labute approximate surface area is 862 Å². The van der Waals surface area contributed by atoms with Gasteiger partial charge < -0.3 is 4.42 Å². The second-order valence-electron chi connectivity index (χ2n) is 37.2. The van der Waals surface area contributed by atoms with Gasteiger partial charge in [-0.3, -0.25) is 0 Å². The van der Waals surface area contributed by atoms with Crippen molar-refractivity contribution < 1.29 is 4.42 Å². The molecule has 7 aromatic heterocycles. The van der Waals surface area contributed by atoms with Crippen molar-refractivity contribution in [3.8, 4) is 147 Å². The van der Waals surface area contributed by atoms with Crippen LogP contribution in [0.25, 0.3) is 294 Å². The van der Waals surface area contributed by atoms with Gasteiger partial charge in [0, 0.05) is 138 Å². The van der Waals surface area contributed by atoms with Crippen molar-refractivity contribution in [2.75, 3.05) is 0 Å². The monoisotopic (exact) mass is 1940 g/mol. The van der Waals surface area contributed by atoms with Crippen LogP contribution in [-0.2, 0) is 0 Å². The molecule has 0 aliphatic heterocycles. The minimum Gasteiger partial charge on any atom is -0.456 e. The third-order valence-corrected chi connectivity index (χ3v) is 32.1. The lowest BCUT2D eigenvalue weighted by atomic mass is 9.98. The lowest BCUT2D eigenvalue weighted by Gasteiger charge is -2.10. The minimum atomic E-state index is 0.599. The highest BCUT2D eigenvalue weighted by molar-refractivity contribution is 7.28. The fourth-order valence-electron chi connectivity index (χ4n) is 21.1. The Morgan fingerprint density at radius 2 is 0.345 bits per heavy atom. The maximum absolute atomic E-state index is 6.24. The van der Waals surface area contributed by atoms with E-state index in [0.29, 0.717) is 52.4 Å². The molecule has 10 nitrogen and oxygen atoms in total. The molecule has 0 bridgehead atoms. The Hall–Kier alpha value is -18.9. The van der Waals surface area contributed by atoms with Crippen molar-refractivity contribution in [2.45, 2.75) is 0 Å². The summed E-state index contributed by atoms with van der Waals surface area (Å²) in [7, 11) is 0. The summed E-state index contributed by atoms with van der Waals surface area (Å²) in [6.45, 7) is 0. The standard InChI is InChI=1S/C47H27N3OS.C47H29N3S.C41H25N3S/c1-2-11-30(12-3-1)45-48-46(50-47(49-45)33-23-24-37-36-16-6-7-19-40(36)51-41(37)27-33)32-14-8-13-31(26-32)35-17-9-18-38-39-25-22-29-21-20-28-10-4-5-15-34(28)42(29)44(39)52-43(35)38;1-3-11-30(12-4-1)31-21-25-35(26-22-31)46-48-45(34-14-5-2-6-15-34)49-47(50-46)37-17-9-16-36(29-37)39-19-10-20-40-41-28-27-33-24-23-32-13-7-8-18-38(32)42(33)44(41)51-43(39)40;1-3-12-28(13-4-1)39-42-40(29-14-5-2-6-15-29)44-41(43-39)31-17-9-16-30(25-31)33-19-10-20-34-35-24-23-27-22-21-26-11-7-8-18-32(26)36(27)38(35)45-37(33)34/h1-27H;1-29H;1-25H. The minimum absolute atomic E-state index is 0.599. The van der Waals surface area contributed by atoms with Gasteiger partial charge in [0.25, 0.3) is 0 Å². The van der Waals surface area contributed by atoms with E-state index in [1.807, 2.05) is 186 Å². The van der Waals surface area contributed by atoms with Crippen LogP contribution in [0.2, 0.25) is 0 Å². The van der Waals surface area contributed by atoms with Gasteiger partial charge in [-0.2, -0.15) is 0 Å². The molecule has 7 heterocycles. The lowest BCUT2D eigenvalue weighted by molar-refractivity contribution is 0.669. The van der Waals surface area contributed by atoms with Gasteiger partial charge in [-0.15, -0.1) is 34.0 Å². The predicted octanol–water partition coefficient (Wildman–Crippen LogP) is 37.2. The summed E-state index contributed by atoms with van der Waals surface area (Å²) in [5.74, 6) is 5.78. The van der Waals surface area contributed by atoms with E-state index < -0.39 is 0 Å². The van der Waals surface area contributed by atoms with Crippen LogP contribution in [0, 0.1) is 0 Å². The average molecular weight is 1940 g/mol. The topological polar surface area (TPSA) is 129 Å². The molecule has 13 heteroatoms. The van der Waals surface area contributed by atoms with Crippen molar-refractivity contribution in [1.82, 2.24) is 44.9 Å². The van der Waals surface area contributed by atoms with E-state index in [1.54, 1.807) is 0 Å². The quantitative estimate of drug-likeness (QED) is 0.103. The van der Waals surface area contributed by atoms with Gasteiger partial charge in [0.05, 0.1) is 0 Å². The fourth-order valence-corrected chi connectivity index (χ4v) is 25.4. The summed E-state index contributed by atoms with van der Waals surface area (Å²) in [6, 6.07) is 173. The van der Waals surface area contributed by atoms with Gasteiger partial charge in [0.1, 0.15) is 11.2 Å². The molecule has 0 aliphatic rings. The normalized spacial score (nSPS) is 11.6. The number of thiophene rings is 3.